The van der Waals surface area contributed by atoms with Gasteiger partial charge in [-0.1, -0.05) is 30.3 Å². The molecule has 0 bridgehead atoms. The van der Waals surface area contributed by atoms with E-state index < -0.39 is 6.10 Å². The van der Waals surface area contributed by atoms with Crippen molar-refractivity contribution in [2.75, 3.05) is 0 Å². The lowest BCUT2D eigenvalue weighted by atomic mass is 10.1. The zero-order chi connectivity index (χ0) is 16.7. The van der Waals surface area contributed by atoms with Crippen LogP contribution in [0.3, 0.4) is 0 Å². The van der Waals surface area contributed by atoms with E-state index in [0.717, 1.165) is 15.8 Å². The summed E-state index contributed by atoms with van der Waals surface area (Å²) >= 11 is 0. The Morgan fingerprint density at radius 2 is 1.74 bits per heavy atom. The molecular formula is C17H19N3O3. The molecule has 0 fully saturated rings. The highest BCUT2D eigenvalue weighted by atomic mass is 16.3. The molecule has 3 aromatic rings. The Balaban J connectivity index is 2.49. The number of fused-ring (bicyclic) bond motifs is 1. The zero-order valence-corrected chi connectivity index (χ0v) is 13.4. The first-order valence-corrected chi connectivity index (χ1v) is 7.44. The average molecular weight is 313 g/mol. The second-order valence-electron chi connectivity index (χ2n) is 5.81. The number of aliphatic hydroxyl groups is 1. The predicted molar refractivity (Wildman–Crippen MR) is 89.5 cm³/mol. The van der Waals surface area contributed by atoms with Crippen molar-refractivity contribution in [2.45, 2.75) is 19.6 Å². The standard InChI is InChI=1S/C17H19N3O3/c1-11(21)9-20-10-13-14(15(20)12-7-5-4-6-8-12)16(22)19(3)17(23)18(13)2/h4-8,10-11,21H,9H2,1-3H3/t11-/m1/s1. The summed E-state index contributed by atoms with van der Waals surface area (Å²) in [4.78, 5) is 24.8. The molecule has 6 heteroatoms. The quantitative estimate of drug-likeness (QED) is 0.787. The first kappa shape index (κ1) is 15.3. The largest absolute Gasteiger partial charge is 0.392 e. The maximum Gasteiger partial charge on any atom is 0.330 e. The van der Waals surface area contributed by atoms with E-state index in [1.807, 2.05) is 34.9 Å². The Morgan fingerprint density at radius 3 is 2.35 bits per heavy atom. The van der Waals surface area contributed by atoms with E-state index in [9.17, 15) is 14.7 Å². The number of benzene rings is 1. The summed E-state index contributed by atoms with van der Waals surface area (Å²) in [7, 11) is 3.12. The monoisotopic (exact) mass is 313 g/mol. The first-order valence-electron chi connectivity index (χ1n) is 7.44. The van der Waals surface area contributed by atoms with Gasteiger partial charge in [0.25, 0.3) is 5.56 Å². The van der Waals surface area contributed by atoms with E-state index in [0.29, 0.717) is 17.4 Å². The van der Waals surface area contributed by atoms with Crippen molar-refractivity contribution in [2.24, 2.45) is 14.1 Å². The van der Waals surface area contributed by atoms with Gasteiger partial charge in [-0.05, 0) is 12.5 Å². The number of nitrogens with zero attached hydrogens (tertiary/aromatic N) is 3. The summed E-state index contributed by atoms with van der Waals surface area (Å²) in [6, 6.07) is 9.53. The van der Waals surface area contributed by atoms with Crippen molar-refractivity contribution < 1.29 is 5.11 Å². The lowest BCUT2D eigenvalue weighted by Gasteiger charge is -2.11. The summed E-state index contributed by atoms with van der Waals surface area (Å²) in [6.45, 7) is 2.03. The average Bonchev–Trinajstić information content (AvgIpc) is 2.90. The summed E-state index contributed by atoms with van der Waals surface area (Å²) in [5.74, 6) is 0. The molecule has 6 nitrogen and oxygen atoms in total. The Hall–Kier alpha value is -2.60. The summed E-state index contributed by atoms with van der Waals surface area (Å²) in [5, 5.41) is 10.3. The number of hydrogen-bond acceptors (Lipinski definition) is 3. The lowest BCUT2D eigenvalue weighted by Crippen LogP contribution is -2.36. The number of aryl methyl sites for hydroxylation is 1. The van der Waals surface area contributed by atoms with E-state index in [1.165, 1.54) is 11.6 Å². The Labute approximate surface area is 132 Å². The zero-order valence-electron chi connectivity index (χ0n) is 13.4. The van der Waals surface area contributed by atoms with Crippen molar-refractivity contribution in [3.05, 3.63) is 57.4 Å². The van der Waals surface area contributed by atoms with Crippen LogP contribution < -0.4 is 11.2 Å². The molecule has 0 saturated carbocycles. The Bertz CT molecular complexity index is 978. The fourth-order valence-corrected chi connectivity index (χ4v) is 2.92. The Kier molecular flexibility index (Phi) is 3.69. The second kappa shape index (κ2) is 5.55. The molecule has 0 radical (unpaired) electrons. The van der Waals surface area contributed by atoms with Crippen LogP contribution in [0.4, 0.5) is 0 Å². The SMILES string of the molecule is C[C@@H](O)Cn1cc2c(c1-c1ccccc1)c(=O)n(C)c(=O)n2C. The van der Waals surface area contributed by atoms with Crippen LogP contribution in [-0.4, -0.2) is 24.9 Å². The van der Waals surface area contributed by atoms with Gasteiger partial charge in [0.1, 0.15) is 0 Å². The third-order valence-electron chi connectivity index (χ3n) is 4.02. The highest BCUT2D eigenvalue weighted by Crippen LogP contribution is 2.28. The maximum atomic E-state index is 12.7. The number of hydrogen-bond donors (Lipinski definition) is 1. The topological polar surface area (TPSA) is 69.2 Å². The van der Waals surface area contributed by atoms with Crippen LogP contribution in [0.5, 0.6) is 0 Å². The molecule has 3 rings (SSSR count). The smallest absolute Gasteiger partial charge is 0.330 e. The molecule has 0 aliphatic rings. The molecule has 23 heavy (non-hydrogen) atoms. The molecule has 0 amide bonds. The summed E-state index contributed by atoms with van der Waals surface area (Å²) in [6.07, 6.45) is 1.19. The van der Waals surface area contributed by atoms with Gasteiger partial charge in [-0.25, -0.2) is 4.79 Å². The van der Waals surface area contributed by atoms with Crippen LogP contribution in [-0.2, 0) is 20.6 Å². The predicted octanol–water partition coefficient (Wildman–Crippen LogP) is 1.09. The fraction of sp³-hybridized carbons (Fsp3) is 0.294. The van der Waals surface area contributed by atoms with E-state index >= 15 is 0 Å². The van der Waals surface area contributed by atoms with Gasteiger partial charge in [0.15, 0.2) is 0 Å². The summed E-state index contributed by atoms with van der Waals surface area (Å²) in [5.41, 5.74) is 1.47. The third kappa shape index (κ3) is 2.41. The second-order valence-corrected chi connectivity index (χ2v) is 5.81. The van der Waals surface area contributed by atoms with Crippen molar-refractivity contribution in [3.8, 4) is 11.3 Å². The highest BCUT2D eigenvalue weighted by molar-refractivity contribution is 5.93. The van der Waals surface area contributed by atoms with Crippen molar-refractivity contribution in [1.82, 2.24) is 13.7 Å². The molecule has 0 unspecified atom stereocenters. The van der Waals surface area contributed by atoms with E-state index in [1.54, 1.807) is 20.2 Å². The van der Waals surface area contributed by atoms with Crippen molar-refractivity contribution in [1.29, 1.82) is 0 Å². The van der Waals surface area contributed by atoms with Gasteiger partial charge in [0.2, 0.25) is 0 Å². The lowest BCUT2D eigenvalue weighted by molar-refractivity contribution is 0.174. The van der Waals surface area contributed by atoms with Gasteiger partial charge in [-0.3, -0.25) is 13.9 Å². The van der Waals surface area contributed by atoms with E-state index in [4.69, 9.17) is 0 Å². The molecule has 0 spiro atoms. The maximum absolute atomic E-state index is 12.7. The van der Waals surface area contributed by atoms with Gasteiger partial charge in [-0.2, -0.15) is 0 Å². The minimum absolute atomic E-state index is 0.328. The van der Waals surface area contributed by atoms with Gasteiger partial charge in [-0.15, -0.1) is 0 Å². The first-order chi connectivity index (χ1) is 10.9. The van der Waals surface area contributed by atoms with E-state index in [2.05, 4.69) is 0 Å². The number of rotatable bonds is 3. The van der Waals surface area contributed by atoms with Crippen LogP contribution in [0.2, 0.25) is 0 Å². The molecule has 2 heterocycles. The number of aromatic nitrogens is 3. The normalized spacial score (nSPS) is 12.7. The fourth-order valence-electron chi connectivity index (χ4n) is 2.92. The molecule has 0 aliphatic heterocycles. The minimum Gasteiger partial charge on any atom is -0.392 e. The number of aliphatic hydroxyl groups excluding tert-OH is 1. The van der Waals surface area contributed by atoms with E-state index in [-0.39, 0.29) is 11.2 Å². The Morgan fingerprint density at radius 1 is 1.09 bits per heavy atom. The van der Waals surface area contributed by atoms with Crippen molar-refractivity contribution in [3.63, 3.8) is 0 Å². The van der Waals surface area contributed by atoms with Gasteiger partial charge >= 0.3 is 5.69 Å². The van der Waals surface area contributed by atoms with Gasteiger partial charge in [0.05, 0.1) is 22.7 Å². The van der Waals surface area contributed by atoms with Gasteiger partial charge in [0, 0.05) is 26.8 Å². The highest BCUT2D eigenvalue weighted by Gasteiger charge is 2.19. The van der Waals surface area contributed by atoms with Crippen LogP contribution in [0.15, 0.2) is 46.1 Å². The minimum atomic E-state index is -0.569. The molecule has 120 valence electrons. The molecule has 2 aromatic heterocycles. The molecular weight excluding hydrogens is 294 g/mol. The molecule has 1 N–H and O–H groups in total. The van der Waals surface area contributed by atoms with Gasteiger partial charge < -0.3 is 9.67 Å². The van der Waals surface area contributed by atoms with Crippen molar-refractivity contribution >= 4 is 10.9 Å². The summed E-state index contributed by atoms with van der Waals surface area (Å²) < 4.78 is 4.41. The van der Waals surface area contributed by atoms with Crippen LogP contribution >= 0.6 is 0 Å². The van der Waals surface area contributed by atoms with Crippen LogP contribution in [0, 0.1) is 0 Å². The molecule has 0 aliphatic carbocycles. The van der Waals surface area contributed by atoms with Crippen LogP contribution in [0.1, 0.15) is 6.92 Å². The molecule has 1 atom stereocenters. The third-order valence-corrected chi connectivity index (χ3v) is 4.02. The van der Waals surface area contributed by atoms with Crippen LogP contribution in [0.25, 0.3) is 22.2 Å². The molecule has 0 saturated heterocycles. The molecule has 1 aromatic carbocycles.